The highest BCUT2D eigenvalue weighted by Crippen LogP contribution is 2.16. The Balaban J connectivity index is 1.60. The van der Waals surface area contributed by atoms with E-state index in [0.29, 0.717) is 23.6 Å². The molecule has 0 bridgehead atoms. The number of aryl methyl sites for hydroxylation is 1. The summed E-state index contributed by atoms with van der Waals surface area (Å²) >= 11 is 5.80. The SMILES string of the molecule is Cc1cnc(Cl)nc1NCc1ccc(NC(=O)c2ccc(F)cc2)cc1. The first-order chi connectivity index (χ1) is 12.5. The van der Waals surface area contributed by atoms with Gasteiger partial charge in [-0.1, -0.05) is 12.1 Å². The van der Waals surface area contributed by atoms with E-state index in [2.05, 4.69) is 20.6 Å². The number of nitrogens with zero attached hydrogens (tertiary/aromatic N) is 2. The minimum absolute atomic E-state index is 0.192. The van der Waals surface area contributed by atoms with Crippen LogP contribution in [0.3, 0.4) is 0 Å². The van der Waals surface area contributed by atoms with Crippen LogP contribution >= 0.6 is 11.6 Å². The first-order valence-corrected chi connectivity index (χ1v) is 8.28. The highest BCUT2D eigenvalue weighted by Gasteiger charge is 2.06. The second-order valence-corrected chi connectivity index (χ2v) is 6.02. The zero-order chi connectivity index (χ0) is 18.5. The molecule has 1 amide bonds. The van der Waals surface area contributed by atoms with Crippen LogP contribution in [0.2, 0.25) is 5.28 Å². The van der Waals surface area contributed by atoms with Crippen molar-refractivity contribution >= 4 is 29.0 Å². The zero-order valence-corrected chi connectivity index (χ0v) is 14.7. The first-order valence-electron chi connectivity index (χ1n) is 7.90. The number of carbonyl (C=O) groups excluding carboxylic acids is 1. The fourth-order valence-electron chi connectivity index (χ4n) is 2.30. The van der Waals surface area contributed by atoms with Gasteiger partial charge in [0.15, 0.2) is 0 Å². The maximum Gasteiger partial charge on any atom is 0.255 e. The lowest BCUT2D eigenvalue weighted by Gasteiger charge is -2.10. The Morgan fingerprint density at radius 1 is 1.12 bits per heavy atom. The molecule has 3 rings (SSSR count). The van der Waals surface area contributed by atoms with Gasteiger partial charge in [-0.05, 0) is 60.5 Å². The molecule has 2 aromatic carbocycles. The van der Waals surface area contributed by atoms with Crippen LogP contribution in [0, 0.1) is 12.7 Å². The van der Waals surface area contributed by atoms with E-state index in [-0.39, 0.29) is 17.0 Å². The molecular weight excluding hydrogens is 355 g/mol. The van der Waals surface area contributed by atoms with Gasteiger partial charge < -0.3 is 10.6 Å². The number of aromatic nitrogens is 2. The van der Waals surface area contributed by atoms with Gasteiger partial charge in [0.25, 0.3) is 5.91 Å². The highest BCUT2D eigenvalue weighted by atomic mass is 35.5. The van der Waals surface area contributed by atoms with Crippen LogP contribution in [0.4, 0.5) is 15.9 Å². The van der Waals surface area contributed by atoms with Crippen molar-refractivity contribution in [2.75, 3.05) is 10.6 Å². The maximum absolute atomic E-state index is 12.9. The molecule has 0 saturated heterocycles. The van der Waals surface area contributed by atoms with Crippen molar-refractivity contribution < 1.29 is 9.18 Å². The number of benzene rings is 2. The van der Waals surface area contributed by atoms with Gasteiger partial charge in [-0.15, -0.1) is 0 Å². The second-order valence-electron chi connectivity index (χ2n) is 5.68. The Morgan fingerprint density at radius 2 is 1.81 bits per heavy atom. The van der Waals surface area contributed by atoms with E-state index in [1.165, 1.54) is 24.3 Å². The summed E-state index contributed by atoms with van der Waals surface area (Å²) in [4.78, 5) is 20.2. The Labute approximate surface area is 155 Å². The summed E-state index contributed by atoms with van der Waals surface area (Å²) in [6.45, 7) is 2.45. The molecule has 0 unspecified atom stereocenters. The number of rotatable bonds is 5. The Morgan fingerprint density at radius 3 is 2.50 bits per heavy atom. The molecule has 132 valence electrons. The van der Waals surface area contributed by atoms with Gasteiger partial charge in [-0.25, -0.2) is 14.4 Å². The third-order valence-electron chi connectivity index (χ3n) is 3.72. The van der Waals surface area contributed by atoms with Crippen LogP contribution in [0.15, 0.2) is 54.7 Å². The van der Waals surface area contributed by atoms with Gasteiger partial charge >= 0.3 is 0 Å². The normalized spacial score (nSPS) is 10.4. The van der Waals surface area contributed by atoms with Crippen LogP contribution in [-0.2, 0) is 6.54 Å². The van der Waals surface area contributed by atoms with Crippen molar-refractivity contribution in [3.63, 3.8) is 0 Å². The van der Waals surface area contributed by atoms with E-state index in [0.717, 1.165) is 11.1 Å². The number of hydrogen-bond donors (Lipinski definition) is 2. The summed E-state index contributed by atoms with van der Waals surface area (Å²) in [6.07, 6.45) is 1.66. The van der Waals surface area contributed by atoms with E-state index in [1.54, 1.807) is 18.3 Å². The number of halogens is 2. The minimum Gasteiger partial charge on any atom is -0.366 e. The highest BCUT2D eigenvalue weighted by molar-refractivity contribution is 6.28. The molecule has 3 aromatic rings. The van der Waals surface area contributed by atoms with Gasteiger partial charge in [0.1, 0.15) is 11.6 Å². The van der Waals surface area contributed by atoms with Gasteiger partial charge in [-0.2, -0.15) is 0 Å². The van der Waals surface area contributed by atoms with Gasteiger partial charge in [0.2, 0.25) is 5.28 Å². The molecular formula is C19H16ClFN4O. The molecule has 0 saturated carbocycles. The van der Waals surface area contributed by atoms with Crippen molar-refractivity contribution in [2.24, 2.45) is 0 Å². The van der Waals surface area contributed by atoms with Crippen LogP contribution in [0.25, 0.3) is 0 Å². The lowest BCUT2D eigenvalue weighted by molar-refractivity contribution is 0.102. The summed E-state index contributed by atoms with van der Waals surface area (Å²) in [6, 6.07) is 12.8. The van der Waals surface area contributed by atoms with Crippen molar-refractivity contribution in [3.8, 4) is 0 Å². The molecule has 0 spiro atoms. The molecule has 5 nitrogen and oxygen atoms in total. The summed E-state index contributed by atoms with van der Waals surface area (Å²) in [5.41, 5.74) is 2.97. The van der Waals surface area contributed by atoms with Crippen molar-refractivity contribution in [3.05, 3.63) is 82.5 Å². The maximum atomic E-state index is 12.9. The van der Waals surface area contributed by atoms with Crippen LogP contribution in [0.1, 0.15) is 21.5 Å². The molecule has 0 aliphatic heterocycles. The van der Waals surface area contributed by atoms with Crippen LogP contribution in [0.5, 0.6) is 0 Å². The minimum atomic E-state index is -0.376. The number of carbonyl (C=O) groups is 1. The lowest BCUT2D eigenvalue weighted by atomic mass is 10.1. The smallest absolute Gasteiger partial charge is 0.255 e. The monoisotopic (exact) mass is 370 g/mol. The molecule has 0 aliphatic carbocycles. The van der Waals surface area contributed by atoms with E-state index in [1.807, 2.05) is 19.1 Å². The molecule has 0 radical (unpaired) electrons. The molecule has 26 heavy (non-hydrogen) atoms. The number of anilines is 2. The largest absolute Gasteiger partial charge is 0.366 e. The van der Waals surface area contributed by atoms with Gasteiger partial charge in [0.05, 0.1) is 0 Å². The third kappa shape index (κ3) is 4.55. The van der Waals surface area contributed by atoms with Gasteiger partial charge in [-0.3, -0.25) is 4.79 Å². The molecule has 0 atom stereocenters. The molecule has 2 N–H and O–H groups in total. The van der Waals surface area contributed by atoms with Gasteiger partial charge in [0, 0.05) is 29.6 Å². The first kappa shape index (κ1) is 17.8. The number of nitrogens with one attached hydrogen (secondary N) is 2. The molecule has 1 heterocycles. The summed E-state index contributed by atoms with van der Waals surface area (Å²) in [7, 11) is 0. The van der Waals surface area contributed by atoms with Crippen molar-refractivity contribution in [1.82, 2.24) is 9.97 Å². The summed E-state index contributed by atoms with van der Waals surface area (Å²) < 4.78 is 12.9. The van der Waals surface area contributed by atoms with Crippen LogP contribution < -0.4 is 10.6 Å². The fraction of sp³-hybridized carbons (Fsp3) is 0.105. The second kappa shape index (κ2) is 7.93. The number of hydrogen-bond acceptors (Lipinski definition) is 4. The third-order valence-corrected chi connectivity index (χ3v) is 3.90. The summed E-state index contributed by atoms with van der Waals surface area (Å²) in [5.74, 6) is 0.0134. The van der Waals surface area contributed by atoms with Crippen LogP contribution in [-0.4, -0.2) is 15.9 Å². The average Bonchev–Trinajstić information content (AvgIpc) is 2.64. The molecule has 0 aliphatic rings. The predicted molar refractivity (Wildman–Crippen MR) is 99.9 cm³/mol. The Kier molecular flexibility index (Phi) is 5.43. The predicted octanol–water partition coefficient (Wildman–Crippen LogP) is 4.44. The van der Waals surface area contributed by atoms with E-state index in [4.69, 9.17) is 11.6 Å². The van der Waals surface area contributed by atoms with E-state index in [9.17, 15) is 9.18 Å². The average molecular weight is 371 g/mol. The van der Waals surface area contributed by atoms with Crippen molar-refractivity contribution in [2.45, 2.75) is 13.5 Å². The fourth-order valence-corrected chi connectivity index (χ4v) is 2.43. The number of amides is 1. The standard InChI is InChI=1S/C19H16ClFN4O/c1-12-10-23-19(20)25-17(12)22-11-13-2-8-16(9-3-13)24-18(26)14-4-6-15(21)7-5-14/h2-10H,11H2,1H3,(H,24,26)(H,22,23,25). The molecule has 1 aromatic heterocycles. The Bertz CT molecular complexity index is 914. The zero-order valence-electron chi connectivity index (χ0n) is 14.0. The quantitative estimate of drug-likeness (QED) is 0.651. The Hall–Kier alpha value is -2.99. The van der Waals surface area contributed by atoms with E-state index >= 15 is 0 Å². The molecule has 7 heteroatoms. The molecule has 0 fully saturated rings. The summed E-state index contributed by atoms with van der Waals surface area (Å²) in [5, 5.41) is 6.17. The van der Waals surface area contributed by atoms with E-state index < -0.39 is 0 Å². The lowest BCUT2D eigenvalue weighted by Crippen LogP contribution is -2.12. The van der Waals surface area contributed by atoms with Crippen molar-refractivity contribution in [1.29, 1.82) is 0 Å². The topological polar surface area (TPSA) is 66.9 Å².